The number of pyridine rings is 1. The Bertz CT molecular complexity index is 1080. The topological polar surface area (TPSA) is 52.2 Å². The summed E-state index contributed by atoms with van der Waals surface area (Å²) in [6.07, 6.45) is 1.01. The molecular formula is C29H41ClFN5O2. The fourth-order valence-electron chi connectivity index (χ4n) is 5.60. The molecule has 1 amide bonds. The van der Waals surface area contributed by atoms with Gasteiger partial charge in [0.05, 0.1) is 24.8 Å². The number of hydrogen-bond acceptors (Lipinski definition) is 6. The average molecular weight is 546 g/mol. The van der Waals surface area contributed by atoms with Crippen LogP contribution in [0.4, 0.5) is 10.2 Å². The van der Waals surface area contributed by atoms with Crippen LogP contribution in [0.15, 0.2) is 36.5 Å². The molecule has 0 aliphatic carbocycles. The van der Waals surface area contributed by atoms with Crippen molar-refractivity contribution in [3.8, 4) is 0 Å². The number of likely N-dealkylation sites (tertiary alicyclic amines) is 1. The number of amides is 1. The number of benzene rings is 1. The van der Waals surface area contributed by atoms with Crippen LogP contribution in [0.3, 0.4) is 0 Å². The zero-order valence-electron chi connectivity index (χ0n) is 23.2. The molecule has 0 radical (unpaired) electrons. The number of piperazine rings is 1. The van der Waals surface area contributed by atoms with E-state index in [0.29, 0.717) is 37.8 Å². The van der Waals surface area contributed by atoms with E-state index >= 15 is 0 Å². The van der Waals surface area contributed by atoms with Crippen molar-refractivity contribution in [2.24, 2.45) is 11.8 Å². The number of rotatable bonds is 9. The SMILES string of the molecule is CC(C)C(OCCN(C)C)c1cc(F)cnc1N1CCN(C(=O)C2CN(C)CC2c2ccc(Cl)cc2)CC1. The number of carbonyl (C=O) groups excluding carboxylic acids is 1. The van der Waals surface area contributed by atoms with Crippen LogP contribution in [0.1, 0.15) is 37.0 Å². The molecule has 3 heterocycles. The summed E-state index contributed by atoms with van der Waals surface area (Å²) in [6.45, 7) is 9.62. The third-order valence-corrected chi connectivity index (χ3v) is 7.87. The lowest BCUT2D eigenvalue weighted by Crippen LogP contribution is -2.51. The number of anilines is 1. The summed E-state index contributed by atoms with van der Waals surface area (Å²) in [5, 5.41) is 0.704. The van der Waals surface area contributed by atoms with Gasteiger partial charge in [0.2, 0.25) is 5.91 Å². The highest BCUT2D eigenvalue weighted by molar-refractivity contribution is 6.30. The Morgan fingerprint density at radius 1 is 1.16 bits per heavy atom. The molecule has 0 spiro atoms. The van der Waals surface area contributed by atoms with E-state index in [2.05, 4.69) is 40.6 Å². The molecular weight excluding hydrogens is 505 g/mol. The number of hydrogen-bond donors (Lipinski definition) is 0. The fourth-order valence-corrected chi connectivity index (χ4v) is 5.72. The van der Waals surface area contributed by atoms with Gasteiger partial charge >= 0.3 is 0 Å². The molecule has 38 heavy (non-hydrogen) atoms. The molecule has 2 aliphatic heterocycles. The van der Waals surface area contributed by atoms with Crippen LogP contribution in [0.25, 0.3) is 0 Å². The van der Waals surface area contributed by atoms with Crippen LogP contribution in [-0.4, -0.2) is 99.2 Å². The normalized spacial score (nSPS) is 21.5. The molecule has 4 rings (SSSR count). The van der Waals surface area contributed by atoms with Gasteiger partial charge in [0, 0.05) is 62.3 Å². The lowest BCUT2D eigenvalue weighted by molar-refractivity contribution is -0.135. The summed E-state index contributed by atoms with van der Waals surface area (Å²) < 4.78 is 20.6. The van der Waals surface area contributed by atoms with Crippen LogP contribution in [0, 0.1) is 17.7 Å². The van der Waals surface area contributed by atoms with E-state index in [4.69, 9.17) is 16.3 Å². The Hall–Kier alpha value is -2.26. The van der Waals surface area contributed by atoms with Crippen molar-refractivity contribution in [3.05, 3.63) is 58.5 Å². The van der Waals surface area contributed by atoms with E-state index in [1.165, 1.54) is 6.20 Å². The third-order valence-electron chi connectivity index (χ3n) is 7.62. The van der Waals surface area contributed by atoms with Gasteiger partial charge in [0.15, 0.2) is 0 Å². The van der Waals surface area contributed by atoms with E-state index in [-0.39, 0.29) is 35.6 Å². The van der Waals surface area contributed by atoms with Gasteiger partial charge in [-0.1, -0.05) is 37.6 Å². The predicted octanol–water partition coefficient (Wildman–Crippen LogP) is 4.14. The lowest BCUT2D eigenvalue weighted by atomic mass is 9.88. The van der Waals surface area contributed by atoms with Crippen LogP contribution < -0.4 is 4.90 Å². The van der Waals surface area contributed by atoms with E-state index in [1.807, 2.05) is 43.3 Å². The van der Waals surface area contributed by atoms with Gasteiger partial charge in [-0.2, -0.15) is 0 Å². The van der Waals surface area contributed by atoms with Crippen LogP contribution in [0.5, 0.6) is 0 Å². The first-order valence-electron chi connectivity index (χ1n) is 13.5. The van der Waals surface area contributed by atoms with Crippen LogP contribution in [-0.2, 0) is 9.53 Å². The van der Waals surface area contributed by atoms with Gasteiger partial charge < -0.3 is 24.3 Å². The Labute approximate surface area is 231 Å². The van der Waals surface area contributed by atoms with Crippen molar-refractivity contribution in [1.29, 1.82) is 0 Å². The summed E-state index contributed by atoms with van der Waals surface area (Å²) in [4.78, 5) is 26.6. The molecule has 0 N–H and O–H groups in total. The quantitative estimate of drug-likeness (QED) is 0.472. The van der Waals surface area contributed by atoms with Crippen LogP contribution >= 0.6 is 11.6 Å². The minimum atomic E-state index is -0.363. The van der Waals surface area contributed by atoms with Crippen molar-refractivity contribution in [2.75, 3.05) is 78.5 Å². The smallest absolute Gasteiger partial charge is 0.227 e. The first kappa shape index (κ1) is 28.7. The molecule has 7 nitrogen and oxygen atoms in total. The van der Waals surface area contributed by atoms with Crippen molar-refractivity contribution >= 4 is 23.3 Å². The lowest BCUT2D eigenvalue weighted by Gasteiger charge is -2.38. The number of halogens is 2. The van der Waals surface area contributed by atoms with Gasteiger partial charge in [-0.25, -0.2) is 9.37 Å². The number of nitrogens with zero attached hydrogens (tertiary/aromatic N) is 5. The molecule has 2 fully saturated rings. The summed E-state index contributed by atoms with van der Waals surface area (Å²) in [6, 6.07) is 9.44. The fraction of sp³-hybridized carbons (Fsp3) is 0.586. The van der Waals surface area contributed by atoms with E-state index < -0.39 is 0 Å². The zero-order chi connectivity index (χ0) is 27.4. The summed E-state index contributed by atoms with van der Waals surface area (Å²) in [7, 11) is 6.08. The van der Waals surface area contributed by atoms with Crippen molar-refractivity contribution in [2.45, 2.75) is 25.9 Å². The van der Waals surface area contributed by atoms with E-state index in [0.717, 1.165) is 36.6 Å². The molecule has 1 aromatic heterocycles. The Morgan fingerprint density at radius 2 is 1.84 bits per heavy atom. The maximum Gasteiger partial charge on any atom is 0.227 e. The first-order chi connectivity index (χ1) is 18.1. The van der Waals surface area contributed by atoms with Gasteiger partial charge in [-0.05, 0) is 50.8 Å². The number of ether oxygens (including phenoxy) is 1. The van der Waals surface area contributed by atoms with Gasteiger partial charge in [0.25, 0.3) is 0 Å². The van der Waals surface area contributed by atoms with Crippen molar-refractivity contribution < 1.29 is 13.9 Å². The maximum absolute atomic E-state index is 14.4. The number of likely N-dealkylation sites (N-methyl/N-ethyl adjacent to an activating group) is 2. The molecule has 2 saturated heterocycles. The molecule has 3 atom stereocenters. The second kappa shape index (κ2) is 12.7. The molecule has 1 aromatic carbocycles. The van der Waals surface area contributed by atoms with E-state index in [9.17, 15) is 9.18 Å². The average Bonchev–Trinajstić information content (AvgIpc) is 3.28. The molecule has 0 bridgehead atoms. The first-order valence-corrected chi connectivity index (χ1v) is 13.9. The monoisotopic (exact) mass is 545 g/mol. The van der Waals surface area contributed by atoms with Crippen molar-refractivity contribution in [1.82, 2.24) is 19.7 Å². The summed E-state index contributed by atoms with van der Waals surface area (Å²) >= 11 is 6.10. The highest BCUT2D eigenvalue weighted by Gasteiger charge is 2.40. The number of carbonyl (C=O) groups is 1. The summed E-state index contributed by atoms with van der Waals surface area (Å²) in [5.41, 5.74) is 1.93. The maximum atomic E-state index is 14.4. The highest BCUT2D eigenvalue weighted by atomic mass is 35.5. The Balaban J connectivity index is 1.45. The molecule has 0 saturated carbocycles. The Kier molecular flexibility index (Phi) is 9.63. The standard InChI is InChI=1S/C29H41ClFN5O2/c1-20(2)27(38-15-14-33(3)4)24-16-23(31)17-32-28(24)35-10-12-36(13-11-35)29(37)26-19-34(5)18-25(26)21-6-8-22(30)9-7-21/h6-9,16-17,20,25-27H,10-15,18-19H2,1-5H3. The minimum Gasteiger partial charge on any atom is -0.372 e. The number of aromatic nitrogens is 1. The summed E-state index contributed by atoms with van der Waals surface area (Å²) in [5.74, 6) is 0.821. The van der Waals surface area contributed by atoms with Gasteiger partial charge in [-0.3, -0.25) is 4.79 Å². The highest BCUT2D eigenvalue weighted by Crippen LogP contribution is 2.36. The third kappa shape index (κ3) is 6.84. The zero-order valence-corrected chi connectivity index (χ0v) is 24.0. The molecule has 9 heteroatoms. The molecule has 2 aromatic rings. The van der Waals surface area contributed by atoms with Gasteiger partial charge in [0.1, 0.15) is 11.6 Å². The molecule has 2 aliphatic rings. The molecule has 208 valence electrons. The van der Waals surface area contributed by atoms with E-state index in [1.54, 1.807) is 6.07 Å². The second-order valence-electron chi connectivity index (χ2n) is 11.2. The largest absolute Gasteiger partial charge is 0.372 e. The van der Waals surface area contributed by atoms with Crippen LogP contribution in [0.2, 0.25) is 5.02 Å². The minimum absolute atomic E-state index is 0.0809. The van der Waals surface area contributed by atoms with Crippen molar-refractivity contribution in [3.63, 3.8) is 0 Å². The predicted molar refractivity (Wildman–Crippen MR) is 150 cm³/mol. The molecule has 3 unspecified atom stereocenters. The Morgan fingerprint density at radius 3 is 2.47 bits per heavy atom. The second-order valence-corrected chi connectivity index (χ2v) is 11.6. The van der Waals surface area contributed by atoms with Gasteiger partial charge in [-0.15, -0.1) is 0 Å².